The summed E-state index contributed by atoms with van der Waals surface area (Å²) in [6.07, 6.45) is 4.52. The largest absolute Gasteiger partial charge is 0.493 e. The summed E-state index contributed by atoms with van der Waals surface area (Å²) in [5.74, 6) is 0.738. The molecule has 1 aliphatic carbocycles. The van der Waals surface area contributed by atoms with Crippen molar-refractivity contribution in [1.29, 1.82) is 0 Å². The van der Waals surface area contributed by atoms with Gasteiger partial charge in [0.05, 0.1) is 13.2 Å². The highest BCUT2D eigenvalue weighted by molar-refractivity contribution is 5.94. The van der Waals surface area contributed by atoms with Gasteiger partial charge in [-0.25, -0.2) is 4.79 Å². The van der Waals surface area contributed by atoms with E-state index in [9.17, 15) is 4.79 Å². The van der Waals surface area contributed by atoms with Gasteiger partial charge in [-0.05, 0) is 42.5 Å². The molecule has 1 aliphatic heterocycles. The number of fused-ring (bicyclic) bond motifs is 3. The molecule has 0 radical (unpaired) electrons. The molecular weight excluding hydrogens is 228 g/mol. The normalized spacial score (nSPS) is 18.4. The van der Waals surface area contributed by atoms with Gasteiger partial charge in [0.25, 0.3) is 0 Å². The predicted molar refractivity (Wildman–Crippen MR) is 68.6 cm³/mol. The standard InChI is InChI=1S/C15H16O3/c1-2-17-14(16)9-11-4-3-10-5-6-13-12(15(10)11)7-8-18-13/h5-6,9H,2-4,7-8H2,1H3/b11-9-. The molecule has 0 atom stereocenters. The van der Waals surface area contributed by atoms with E-state index >= 15 is 0 Å². The third-order valence-corrected chi connectivity index (χ3v) is 3.53. The lowest BCUT2D eigenvalue weighted by atomic mass is 9.98. The van der Waals surface area contributed by atoms with Gasteiger partial charge < -0.3 is 9.47 Å². The first-order valence-electron chi connectivity index (χ1n) is 6.45. The smallest absolute Gasteiger partial charge is 0.331 e. The molecule has 2 aliphatic rings. The predicted octanol–water partition coefficient (Wildman–Crippen LogP) is 2.51. The molecule has 0 N–H and O–H groups in total. The van der Waals surface area contributed by atoms with E-state index in [1.807, 2.05) is 6.92 Å². The second-order valence-corrected chi connectivity index (χ2v) is 4.60. The van der Waals surface area contributed by atoms with Crippen LogP contribution in [-0.2, 0) is 22.4 Å². The van der Waals surface area contributed by atoms with Crippen molar-refractivity contribution < 1.29 is 14.3 Å². The number of esters is 1. The minimum atomic E-state index is -0.239. The molecule has 3 heteroatoms. The summed E-state index contributed by atoms with van der Waals surface area (Å²) in [4.78, 5) is 11.6. The Morgan fingerprint density at radius 2 is 2.28 bits per heavy atom. The van der Waals surface area contributed by atoms with E-state index in [-0.39, 0.29) is 5.97 Å². The third-order valence-electron chi connectivity index (χ3n) is 3.53. The van der Waals surface area contributed by atoms with E-state index in [2.05, 4.69) is 12.1 Å². The van der Waals surface area contributed by atoms with E-state index in [0.717, 1.165) is 37.2 Å². The first-order valence-corrected chi connectivity index (χ1v) is 6.45. The fourth-order valence-electron chi connectivity index (χ4n) is 2.80. The van der Waals surface area contributed by atoms with Crippen molar-refractivity contribution in [1.82, 2.24) is 0 Å². The number of hydrogen-bond donors (Lipinski definition) is 0. The van der Waals surface area contributed by atoms with Crippen LogP contribution in [0.3, 0.4) is 0 Å². The van der Waals surface area contributed by atoms with Crippen LogP contribution in [0.1, 0.15) is 30.0 Å². The van der Waals surface area contributed by atoms with Crippen LogP contribution < -0.4 is 4.74 Å². The summed E-state index contributed by atoms with van der Waals surface area (Å²) in [6.45, 7) is 2.99. The summed E-state index contributed by atoms with van der Waals surface area (Å²) >= 11 is 0. The molecule has 1 heterocycles. The zero-order valence-corrected chi connectivity index (χ0v) is 10.5. The van der Waals surface area contributed by atoms with E-state index in [0.29, 0.717) is 6.61 Å². The number of carbonyl (C=O) groups is 1. The minimum absolute atomic E-state index is 0.239. The Hall–Kier alpha value is -1.77. The second kappa shape index (κ2) is 4.48. The Balaban J connectivity index is 2.01. The number of aryl methyl sites for hydroxylation is 1. The summed E-state index contributed by atoms with van der Waals surface area (Å²) < 4.78 is 10.6. The van der Waals surface area contributed by atoms with Crippen LogP contribution >= 0.6 is 0 Å². The fraction of sp³-hybridized carbons (Fsp3) is 0.400. The second-order valence-electron chi connectivity index (χ2n) is 4.60. The number of carbonyl (C=O) groups excluding carboxylic acids is 1. The highest BCUT2D eigenvalue weighted by atomic mass is 16.5. The molecule has 94 valence electrons. The van der Waals surface area contributed by atoms with Gasteiger partial charge in [0, 0.05) is 18.1 Å². The molecule has 18 heavy (non-hydrogen) atoms. The molecule has 0 spiro atoms. The van der Waals surface area contributed by atoms with Crippen molar-refractivity contribution in [2.24, 2.45) is 0 Å². The van der Waals surface area contributed by atoms with Crippen LogP contribution in [0.2, 0.25) is 0 Å². The van der Waals surface area contributed by atoms with Crippen LogP contribution in [0, 0.1) is 0 Å². The number of ether oxygens (including phenoxy) is 2. The molecule has 0 saturated heterocycles. The maximum absolute atomic E-state index is 11.6. The van der Waals surface area contributed by atoms with Crippen molar-refractivity contribution in [2.75, 3.05) is 13.2 Å². The van der Waals surface area contributed by atoms with Crippen LogP contribution in [0.4, 0.5) is 0 Å². The van der Waals surface area contributed by atoms with Crippen molar-refractivity contribution in [3.8, 4) is 5.75 Å². The molecular formula is C15H16O3. The van der Waals surface area contributed by atoms with Gasteiger partial charge in [-0.15, -0.1) is 0 Å². The van der Waals surface area contributed by atoms with Crippen molar-refractivity contribution in [3.63, 3.8) is 0 Å². The van der Waals surface area contributed by atoms with Gasteiger partial charge in [0.15, 0.2) is 0 Å². The maximum atomic E-state index is 11.6. The summed E-state index contributed by atoms with van der Waals surface area (Å²) in [5, 5.41) is 0. The third kappa shape index (κ3) is 1.80. The van der Waals surface area contributed by atoms with Gasteiger partial charge in [-0.3, -0.25) is 0 Å². The highest BCUT2D eigenvalue weighted by Crippen LogP contribution is 2.41. The number of hydrogen-bond acceptors (Lipinski definition) is 3. The van der Waals surface area contributed by atoms with Crippen molar-refractivity contribution in [2.45, 2.75) is 26.2 Å². The number of benzene rings is 1. The zero-order valence-electron chi connectivity index (χ0n) is 10.5. The van der Waals surface area contributed by atoms with E-state index in [4.69, 9.17) is 9.47 Å². The van der Waals surface area contributed by atoms with Gasteiger partial charge in [-0.1, -0.05) is 6.07 Å². The minimum Gasteiger partial charge on any atom is -0.493 e. The topological polar surface area (TPSA) is 35.5 Å². The van der Waals surface area contributed by atoms with Gasteiger partial charge >= 0.3 is 5.97 Å². The molecule has 0 bridgehead atoms. The van der Waals surface area contributed by atoms with E-state index < -0.39 is 0 Å². The Bertz CT molecular complexity index is 529. The Kier molecular flexibility index (Phi) is 2.82. The zero-order chi connectivity index (χ0) is 12.5. The fourth-order valence-corrected chi connectivity index (χ4v) is 2.80. The Labute approximate surface area is 106 Å². The van der Waals surface area contributed by atoms with Gasteiger partial charge in [0.2, 0.25) is 0 Å². The van der Waals surface area contributed by atoms with Gasteiger partial charge in [0.1, 0.15) is 5.75 Å². The Morgan fingerprint density at radius 1 is 1.39 bits per heavy atom. The molecule has 0 aromatic heterocycles. The van der Waals surface area contributed by atoms with E-state index in [1.165, 1.54) is 16.7 Å². The molecule has 0 saturated carbocycles. The monoisotopic (exact) mass is 244 g/mol. The first kappa shape index (κ1) is 11.3. The van der Waals surface area contributed by atoms with Crippen molar-refractivity contribution in [3.05, 3.63) is 34.9 Å². The SMILES string of the molecule is CCOC(=O)/C=C1/CCc2ccc3c(c21)CCO3. The first-order chi connectivity index (χ1) is 8.79. The Morgan fingerprint density at radius 3 is 3.11 bits per heavy atom. The molecule has 3 nitrogen and oxygen atoms in total. The molecule has 1 aromatic rings. The van der Waals surface area contributed by atoms with E-state index in [1.54, 1.807) is 6.08 Å². The lowest BCUT2D eigenvalue weighted by Crippen LogP contribution is -2.00. The lowest BCUT2D eigenvalue weighted by molar-refractivity contribution is -0.137. The molecule has 0 unspecified atom stereocenters. The molecule has 0 fully saturated rings. The molecule has 0 amide bonds. The van der Waals surface area contributed by atoms with Crippen molar-refractivity contribution >= 4 is 11.5 Å². The lowest BCUT2D eigenvalue weighted by Gasteiger charge is -2.07. The van der Waals surface area contributed by atoms with Crippen LogP contribution in [0.15, 0.2) is 18.2 Å². The summed E-state index contributed by atoms with van der Waals surface area (Å²) in [7, 11) is 0. The molecule has 3 rings (SSSR count). The quantitative estimate of drug-likeness (QED) is 0.592. The van der Waals surface area contributed by atoms with Crippen LogP contribution in [0.25, 0.3) is 5.57 Å². The maximum Gasteiger partial charge on any atom is 0.331 e. The number of rotatable bonds is 2. The van der Waals surface area contributed by atoms with Crippen LogP contribution in [0.5, 0.6) is 5.75 Å². The summed E-state index contributed by atoms with van der Waals surface area (Å²) in [6, 6.07) is 4.17. The van der Waals surface area contributed by atoms with Crippen LogP contribution in [-0.4, -0.2) is 19.2 Å². The summed E-state index contributed by atoms with van der Waals surface area (Å²) in [5.41, 5.74) is 4.93. The average Bonchev–Trinajstić information content (AvgIpc) is 2.94. The average molecular weight is 244 g/mol. The molecule has 1 aromatic carbocycles. The van der Waals surface area contributed by atoms with Gasteiger partial charge in [-0.2, -0.15) is 0 Å². The number of allylic oxidation sites excluding steroid dienone is 1. The highest BCUT2D eigenvalue weighted by Gasteiger charge is 2.25.